The summed E-state index contributed by atoms with van der Waals surface area (Å²) in [6.45, 7) is 2.92. The van der Waals surface area contributed by atoms with Crippen molar-refractivity contribution in [2.75, 3.05) is 13.7 Å². The number of carbonyl (C=O) groups excluding carboxylic acids is 1. The lowest BCUT2D eigenvalue weighted by Gasteiger charge is -2.12. The standard InChI is InChI=1S/C19H20O4/c1-3-22-18-13-15(10-12-19(20)21-2)9-11-17(18)23-14-16-7-5-4-6-8-16/h4-13H,3,14H2,1-2H3. The lowest BCUT2D eigenvalue weighted by atomic mass is 10.2. The first-order valence-electron chi connectivity index (χ1n) is 7.42. The van der Waals surface area contributed by atoms with Gasteiger partial charge in [0.15, 0.2) is 11.5 Å². The van der Waals surface area contributed by atoms with Crippen molar-refractivity contribution in [1.29, 1.82) is 0 Å². The van der Waals surface area contributed by atoms with E-state index in [1.165, 1.54) is 13.2 Å². The van der Waals surface area contributed by atoms with Crippen molar-refractivity contribution in [1.82, 2.24) is 0 Å². The number of esters is 1. The molecule has 0 spiro atoms. The van der Waals surface area contributed by atoms with Gasteiger partial charge >= 0.3 is 5.97 Å². The van der Waals surface area contributed by atoms with E-state index in [0.717, 1.165) is 11.1 Å². The van der Waals surface area contributed by atoms with Crippen LogP contribution in [0.15, 0.2) is 54.6 Å². The summed E-state index contributed by atoms with van der Waals surface area (Å²) in [6.07, 6.45) is 3.05. The van der Waals surface area contributed by atoms with Crippen LogP contribution < -0.4 is 9.47 Å². The Labute approximate surface area is 136 Å². The molecule has 0 aliphatic rings. The molecule has 0 radical (unpaired) electrons. The van der Waals surface area contributed by atoms with Gasteiger partial charge in [0.05, 0.1) is 13.7 Å². The third-order valence-electron chi connectivity index (χ3n) is 3.12. The van der Waals surface area contributed by atoms with E-state index in [0.29, 0.717) is 24.7 Å². The largest absolute Gasteiger partial charge is 0.490 e. The van der Waals surface area contributed by atoms with Gasteiger partial charge in [-0.05, 0) is 36.3 Å². The van der Waals surface area contributed by atoms with Crippen molar-refractivity contribution in [2.45, 2.75) is 13.5 Å². The van der Waals surface area contributed by atoms with Crippen LogP contribution >= 0.6 is 0 Å². The molecule has 2 aromatic rings. The Hall–Kier alpha value is -2.75. The number of rotatable bonds is 7. The summed E-state index contributed by atoms with van der Waals surface area (Å²) in [5, 5.41) is 0. The monoisotopic (exact) mass is 312 g/mol. The molecule has 0 aliphatic heterocycles. The van der Waals surface area contributed by atoms with E-state index >= 15 is 0 Å². The fourth-order valence-corrected chi connectivity index (χ4v) is 1.98. The van der Waals surface area contributed by atoms with Gasteiger partial charge in [-0.25, -0.2) is 4.79 Å². The second kappa shape index (κ2) is 8.63. The highest BCUT2D eigenvalue weighted by Gasteiger charge is 2.06. The SMILES string of the molecule is CCOc1cc(C=CC(=O)OC)ccc1OCc1ccccc1. The minimum atomic E-state index is -0.396. The Balaban J connectivity index is 2.12. The van der Waals surface area contributed by atoms with Crippen LogP contribution in [0.1, 0.15) is 18.1 Å². The maximum Gasteiger partial charge on any atom is 0.330 e. The fourth-order valence-electron chi connectivity index (χ4n) is 1.98. The van der Waals surface area contributed by atoms with E-state index in [-0.39, 0.29) is 0 Å². The second-order valence-electron chi connectivity index (χ2n) is 4.77. The van der Waals surface area contributed by atoms with Crippen molar-refractivity contribution >= 4 is 12.0 Å². The summed E-state index contributed by atoms with van der Waals surface area (Å²) in [5.41, 5.74) is 1.93. The molecule has 0 atom stereocenters. The highest BCUT2D eigenvalue weighted by Crippen LogP contribution is 2.29. The van der Waals surface area contributed by atoms with Gasteiger partial charge in [0.25, 0.3) is 0 Å². The van der Waals surface area contributed by atoms with Crippen LogP contribution in [0.2, 0.25) is 0 Å². The first kappa shape index (κ1) is 16.6. The average molecular weight is 312 g/mol. The van der Waals surface area contributed by atoms with Gasteiger partial charge in [0, 0.05) is 6.08 Å². The Morgan fingerprint density at radius 2 is 1.83 bits per heavy atom. The zero-order valence-corrected chi connectivity index (χ0v) is 13.3. The first-order valence-corrected chi connectivity index (χ1v) is 7.42. The molecule has 4 nitrogen and oxygen atoms in total. The molecule has 2 aromatic carbocycles. The molecule has 0 heterocycles. The smallest absolute Gasteiger partial charge is 0.330 e. The Morgan fingerprint density at radius 1 is 1.04 bits per heavy atom. The molecule has 4 heteroatoms. The molecule has 0 saturated heterocycles. The van der Waals surface area contributed by atoms with Gasteiger partial charge in [0.1, 0.15) is 6.61 Å². The van der Waals surface area contributed by atoms with Crippen LogP contribution in [0.25, 0.3) is 6.08 Å². The number of benzene rings is 2. The van der Waals surface area contributed by atoms with Crippen molar-refractivity contribution in [2.24, 2.45) is 0 Å². The maximum absolute atomic E-state index is 11.2. The first-order chi connectivity index (χ1) is 11.2. The molecule has 0 aliphatic carbocycles. The minimum Gasteiger partial charge on any atom is -0.490 e. The quantitative estimate of drug-likeness (QED) is 0.575. The lowest BCUT2D eigenvalue weighted by molar-refractivity contribution is -0.134. The summed E-state index contributed by atoms with van der Waals surface area (Å²) in [5.74, 6) is 0.925. The molecular formula is C19H20O4. The molecule has 0 bridgehead atoms. The fraction of sp³-hybridized carbons (Fsp3) is 0.211. The maximum atomic E-state index is 11.2. The highest BCUT2D eigenvalue weighted by atomic mass is 16.5. The van der Waals surface area contributed by atoms with Gasteiger partial charge in [-0.15, -0.1) is 0 Å². The van der Waals surface area contributed by atoms with Crippen LogP contribution in [0.4, 0.5) is 0 Å². The van der Waals surface area contributed by atoms with Crippen LogP contribution in [0.5, 0.6) is 11.5 Å². The van der Waals surface area contributed by atoms with E-state index in [1.54, 1.807) is 6.08 Å². The van der Waals surface area contributed by atoms with E-state index < -0.39 is 5.97 Å². The summed E-state index contributed by atoms with van der Waals surface area (Å²) in [6, 6.07) is 15.5. The van der Waals surface area contributed by atoms with Crippen molar-refractivity contribution in [3.05, 3.63) is 65.7 Å². The normalized spacial score (nSPS) is 10.5. The topological polar surface area (TPSA) is 44.8 Å². The van der Waals surface area contributed by atoms with E-state index in [2.05, 4.69) is 4.74 Å². The van der Waals surface area contributed by atoms with Crippen molar-refractivity contribution in [3.63, 3.8) is 0 Å². The minimum absolute atomic E-state index is 0.396. The van der Waals surface area contributed by atoms with Crippen LogP contribution in [-0.2, 0) is 16.1 Å². The highest BCUT2D eigenvalue weighted by molar-refractivity contribution is 5.87. The Kier molecular flexibility index (Phi) is 6.24. The number of hydrogen-bond acceptors (Lipinski definition) is 4. The van der Waals surface area contributed by atoms with Gasteiger partial charge in [-0.2, -0.15) is 0 Å². The molecule has 2 rings (SSSR count). The predicted octanol–water partition coefficient (Wildman–Crippen LogP) is 3.85. The summed E-state index contributed by atoms with van der Waals surface area (Å²) in [4.78, 5) is 11.2. The third kappa shape index (κ3) is 5.18. The van der Waals surface area contributed by atoms with Gasteiger partial charge in [0.2, 0.25) is 0 Å². The van der Waals surface area contributed by atoms with Gasteiger partial charge in [-0.1, -0.05) is 36.4 Å². The molecule has 0 N–H and O–H groups in total. The zero-order valence-electron chi connectivity index (χ0n) is 13.3. The summed E-state index contributed by atoms with van der Waals surface area (Å²) < 4.78 is 16.0. The van der Waals surface area contributed by atoms with Crippen molar-refractivity contribution < 1.29 is 19.0 Å². The molecule has 0 aromatic heterocycles. The molecule has 0 unspecified atom stereocenters. The zero-order chi connectivity index (χ0) is 16.5. The number of methoxy groups -OCH3 is 1. The van der Waals surface area contributed by atoms with Crippen molar-refractivity contribution in [3.8, 4) is 11.5 Å². The molecule has 0 amide bonds. The van der Waals surface area contributed by atoms with Crippen LogP contribution in [0.3, 0.4) is 0 Å². The van der Waals surface area contributed by atoms with Gasteiger partial charge < -0.3 is 14.2 Å². The average Bonchev–Trinajstić information content (AvgIpc) is 2.60. The van der Waals surface area contributed by atoms with Crippen LogP contribution in [0, 0.1) is 0 Å². The van der Waals surface area contributed by atoms with Crippen LogP contribution in [-0.4, -0.2) is 19.7 Å². The number of hydrogen-bond donors (Lipinski definition) is 0. The number of carbonyl (C=O) groups is 1. The molecule has 0 fully saturated rings. The van der Waals surface area contributed by atoms with E-state index in [1.807, 2.05) is 55.5 Å². The molecule has 0 saturated carbocycles. The third-order valence-corrected chi connectivity index (χ3v) is 3.12. The molecule has 120 valence electrons. The van der Waals surface area contributed by atoms with E-state index in [9.17, 15) is 4.79 Å². The van der Waals surface area contributed by atoms with Gasteiger partial charge in [-0.3, -0.25) is 0 Å². The number of ether oxygens (including phenoxy) is 3. The summed E-state index contributed by atoms with van der Waals surface area (Å²) in [7, 11) is 1.35. The predicted molar refractivity (Wildman–Crippen MR) is 89.4 cm³/mol. The Morgan fingerprint density at radius 3 is 2.52 bits per heavy atom. The Bertz CT molecular complexity index is 662. The second-order valence-corrected chi connectivity index (χ2v) is 4.77. The van der Waals surface area contributed by atoms with E-state index in [4.69, 9.17) is 9.47 Å². The molecule has 23 heavy (non-hydrogen) atoms. The molecular weight excluding hydrogens is 292 g/mol. The summed E-state index contributed by atoms with van der Waals surface area (Å²) >= 11 is 0. The lowest BCUT2D eigenvalue weighted by Crippen LogP contribution is -2.00.